The molecule has 1 aromatic rings. The zero-order valence-corrected chi connectivity index (χ0v) is 14.9. The van der Waals surface area contributed by atoms with Gasteiger partial charge >= 0.3 is 5.97 Å². The number of carbonyl (C=O) groups is 1. The van der Waals surface area contributed by atoms with Crippen molar-refractivity contribution >= 4 is 12.2 Å². The third-order valence-corrected chi connectivity index (χ3v) is 3.51. The summed E-state index contributed by atoms with van der Waals surface area (Å²) in [5.41, 5.74) is 1.86. The summed E-state index contributed by atoms with van der Waals surface area (Å²) in [5.74, 6) is -0.485. The highest BCUT2D eigenvalue weighted by Gasteiger charge is 2.22. The molecular formula is C19H27NO4. The zero-order valence-electron chi connectivity index (χ0n) is 14.9. The van der Waals surface area contributed by atoms with Crippen LogP contribution in [0.15, 0.2) is 46.6 Å². The van der Waals surface area contributed by atoms with Crippen LogP contribution in [-0.2, 0) is 21.0 Å². The monoisotopic (exact) mass is 333 g/mol. The van der Waals surface area contributed by atoms with Crippen LogP contribution in [-0.4, -0.2) is 30.0 Å². The van der Waals surface area contributed by atoms with E-state index in [1.54, 1.807) is 6.92 Å². The molecule has 0 radical (unpaired) electrons. The van der Waals surface area contributed by atoms with Crippen LogP contribution in [0.2, 0.25) is 0 Å². The highest BCUT2D eigenvalue weighted by Crippen LogP contribution is 2.19. The number of rotatable bonds is 9. The number of hydrogen-bond donors (Lipinski definition) is 1. The number of aliphatic hydroxyl groups excluding tert-OH is 1. The van der Waals surface area contributed by atoms with Gasteiger partial charge in [0.15, 0.2) is 0 Å². The van der Waals surface area contributed by atoms with Crippen molar-refractivity contribution in [3.8, 4) is 0 Å². The lowest BCUT2D eigenvalue weighted by Gasteiger charge is -2.18. The van der Waals surface area contributed by atoms with Crippen LogP contribution < -0.4 is 0 Å². The molecule has 1 aromatic carbocycles. The van der Waals surface area contributed by atoms with E-state index in [0.717, 1.165) is 5.56 Å². The average molecular weight is 333 g/mol. The second-order valence-electron chi connectivity index (χ2n) is 5.69. The molecule has 1 N–H and O–H groups in total. The summed E-state index contributed by atoms with van der Waals surface area (Å²) < 4.78 is 5.07. The van der Waals surface area contributed by atoms with Gasteiger partial charge in [-0.1, -0.05) is 56.3 Å². The van der Waals surface area contributed by atoms with E-state index >= 15 is 0 Å². The number of benzene rings is 1. The van der Waals surface area contributed by atoms with Crippen LogP contribution in [0.5, 0.6) is 0 Å². The van der Waals surface area contributed by atoms with E-state index in [4.69, 9.17) is 9.57 Å². The molecule has 1 atom stereocenters. The largest absolute Gasteiger partial charge is 0.463 e. The van der Waals surface area contributed by atoms with Crippen molar-refractivity contribution in [2.24, 2.45) is 11.1 Å². The standard InChI is InChI=1S/C19H27NO4/c1-5-16(19(22)23-6-2)17(18(21)14(3)4)12-20-24-13-15-10-8-7-9-11-15/h7-12,14,18,21H,5-6,13H2,1-4H3/b17-16+,20-12+. The molecule has 0 amide bonds. The van der Waals surface area contributed by atoms with Gasteiger partial charge in [-0.25, -0.2) is 4.79 Å². The lowest BCUT2D eigenvalue weighted by molar-refractivity contribution is -0.138. The van der Waals surface area contributed by atoms with Crippen molar-refractivity contribution in [3.05, 3.63) is 47.0 Å². The van der Waals surface area contributed by atoms with Crippen LogP contribution in [0.1, 0.15) is 39.7 Å². The first-order chi connectivity index (χ1) is 11.5. The molecule has 0 aromatic heterocycles. The molecule has 5 heteroatoms. The summed E-state index contributed by atoms with van der Waals surface area (Å²) in [7, 11) is 0. The van der Waals surface area contributed by atoms with Gasteiger partial charge in [0, 0.05) is 11.1 Å². The Bertz CT molecular complexity index is 564. The van der Waals surface area contributed by atoms with Crippen LogP contribution in [0, 0.1) is 5.92 Å². The zero-order chi connectivity index (χ0) is 17.9. The highest BCUT2D eigenvalue weighted by molar-refractivity contribution is 5.97. The molecule has 0 fully saturated rings. The minimum absolute atomic E-state index is 0.0588. The molecule has 5 nitrogen and oxygen atoms in total. The Labute approximate surface area is 144 Å². The van der Waals surface area contributed by atoms with E-state index in [2.05, 4.69) is 5.16 Å². The van der Waals surface area contributed by atoms with Crippen LogP contribution in [0.4, 0.5) is 0 Å². The number of nitrogens with zero attached hydrogens (tertiary/aromatic N) is 1. The number of ether oxygens (including phenoxy) is 1. The normalized spacial score (nSPS) is 13.8. The fourth-order valence-electron chi connectivity index (χ4n) is 2.16. The topological polar surface area (TPSA) is 68.1 Å². The van der Waals surface area contributed by atoms with E-state index in [1.807, 2.05) is 51.1 Å². The molecule has 24 heavy (non-hydrogen) atoms. The van der Waals surface area contributed by atoms with Gasteiger partial charge in [-0.05, 0) is 24.8 Å². The summed E-state index contributed by atoms with van der Waals surface area (Å²) >= 11 is 0. The Kier molecular flexibility index (Phi) is 8.79. The third kappa shape index (κ3) is 6.16. The molecule has 0 aliphatic carbocycles. The fourth-order valence-corrected chi connectivity index (χ4v) is 2.16. The third-order valence-electron chi connectivity index (χ3n) is 3.51. The van der Waals surface area contributed by atoms with Crippen LogP contribution in [0.3, 0.4) is 0 Å². The first-order valence-electron chi connectivity index (χ1n) is 8.28. The average Bonchev–Trinajstić information content (AvgIpc) is 2.58. The summed E-state index contributed by atoms with van der Waals surface area (Å²) in [6, 6.07) is 9.65. The minimum atomic E-state index is -0.812. The number of hydrogen-bond acceptors (Lipinski definition) is 5. The Hall–Kier alpha value is -2.14. The first kappa shape index (κ1) is 19.9. The molecule has 1 rings (SSSR count). The lowest BCUT2D eigenvalue weighted by Crippen LogP contribution is -2.23. The van der Waals surface area contributed by atoms with Crippen molar-refractivity contribution in [1.82, 2.24) is 0 Å². The Morgan fingerprint density at radius 2 is 1.92 bits per heavy atom. The summed E-state index contributed by atoms with van der Waals surface area (Å²) in [4.78, 5) is 17.4. The molecule has 0 spiro atoms. The second kappa shape index (κ2) is 10.6. The van der Waals surface area contributed by atoms with Gasteiger partial charge in [-0.3, -0.25) is 0 Å². The maximum atomic E-state index is 12.1. The number of carbonyl (C=O) groups excluding carboxylic acids is 1. The molecule has 0 saturated heterocycles. The summed E-state index contributed by atoms with van der Waals surface area (Å²) in [6.45, 7) is 7.96. The summed E-state index contributed by atoms with van der Waals surface area (Å²) in [5, 5.41) is 14.3. The highest BCUT2D eigenvalue weighted by atomic mass is 16.6. The molecule has 0 aliphatic heterocycles. The molecular weight excluding hydrogens is 306 g/mol. The van der Waals surface area contributed by atoms with E-state index in [1.165, 1.54) is 6.21 Å². The minimum Gasteiger partial charge on any atom is -0.463 e. The van der Waals surface area contributed by atoms with Gasteiger partial charge < -0.3 is 14.7 Å². The molecule has 0 aliphatic rings. The first-order valence-corrected chi connectivity index (χ1v) is 8.28. The maximum absolute atomic E-state index is 12.1. The van der Waals surface area contributed by atoms with Gasteiger partial charge in [-0.2, -0.15) is 0 Å². The van der Waals surface area contributed by atoms with Crippen molar-refractivity contribution in [2.45, 2.75) is 46.8 Å². The molecule has 0 bridgehead atoms. The smallest absolute Gasteiger partial charge is 0.334 e. The fraction of sp³-hybridized carbons (Fsp3) is 0.474. The molecule has 0 saturated carbocycles. The predicted molar refractivity (Wildman–Crippen MR) is 94.5 cm³/mol. The second-order valence-corrected chi connectivity index (χ2v) is 5.69. The van der Waals surface area contributed by atoms with E-state index in [0.29, 0.717) is 24.2 Å². The van der Waals surface area contributed by atoms with Gasteiger partial charge in [0.05, 0.1) is 18.9 Å². The van der Waals surface area contributed by atoms with Crippen molar-refractivity contribution in [1.29, 1.82) is 0 Å². The Morgan fingerprint density at radius 1 is 1.25 bits per heavy atom. The number of esters is 1. The van der Waals surface area contributed by atoms with Crippen molar-refractivity contribution in [2.75, 3.05) is 6.61 Å². The van der Waals surface area contributed by atoms with Gasteiger partial charge in [0.25, 0.3) is 0 Å². The number of oxime groups is 1. The molecule has 132 valence electrons. The summed E-state index contributed by atoms with van der Waals surface area (Å²) in [6.07, 6.45) is 1.06. The molecule has 0 heterocycles. The quantitative estimate of drug-likeness (QED) is 0.325. The van der Waals surface area contributed by atoms with Crippen LogP contribution >= 0.6 is 0 Å². The SMILES string of the molecule is CCOC(=O)/C(CC)=C(\C=N\OCc1ccccc1)C(O)C(C)C. The van der Waals surface area contributed by atoms with E-state index < -0.39 is 12.1 Å². The van der Waals surface area contributed by atoms with Gasteiger partial charge in [0.1, 0.15) is 6.61 Å². The van der Waals surface area contributed by atoms with E-state index in [-0.39, 0.29) is 12.5 Å². The lowest BCUT2D eigenvalue weighted by atomic mass is 9.94. The molecule has 1 unspecified atom stereocenters. The predicted octanol–water partition coefficient (Wildman–Crippen LogP) is 3.48. The maximum Gasteiger partial charge on any atom is 0.334 e. The van der Waals surface area contributed by atoms with E-state index in [9.17, 15) is 9.90 Å². The Balaban J connectivity index is 2.92. The van der Waals surface area contributed by atoms with Crippen LogP contribution in [0.25, 0.3) is 0 Å². The number of aliphatic hydroxyl groups is 1. The van der Waals surface area contributed by atoms with Gasteiger partial charge in [0.2, 0.25) is 0 Å². The van der Waals surface area contributed by atoms with Crippen molar-refractivity contribution in [3.63, 3.8) is 0 Å². The Morgan fingerprint density at radius 3 is 2.46 bits per heavy atom. The van der Waals surface area contributed by atoms with Gasteiger partial charge in [-0.15, -0.1) is 0 Å². The van der Waals surface area contributed by atoms with Crippen molar-refractivity contribution < 1.29 is 19.5 Å².